The van der Waals surface area contributed by atoms with Crippen LogP contribution in [0.15, 0.2) is 46.9 Å². The standard InChI is InChI=1S/C22H17ClFN3O2S/c1-12-19-16(24)3-2-4-17(19)30-20(12)22(28)27(15-9-10-15)11-18-25-26-21(29-18)13-5-7-14(23)8-6-13/h2-8,15H,9-11H2,1H3. The fourth-order valence-electron chi connectivity index (χ4n) is 3.51. The first-order valence-electron chi connectivity index (χ1n) is 9.58. The van der Waals surface area contributed by atoms with Crippen LogP contribution in [-0.4, -0.2) is 27.0 Å². The monoisotopic (exact) mass is 441 g/mol. The van der Waals surface area contributed by atoms with E-state index in [0.717, 1.165) is 23.1 Å². The molecule has 0 unspecified atom stereocenters. The van der Waals surface area contributed by atoms with E-state index in [-0.39, 0.29) is 24.3 Å². The van der Waals surface area contributed by atoms with Crippen molar-refractivity contribution in [3.05, 3.63) is 69.6 Å². The molecular weight excluding hydrogens is 425 g/mol. The lowest BCUT2D eigenvalue weighted by Crippen LogP contribution is -2.32. The number of hydrogen-bond donors (Lipinski definition) is 0. The Morgan fingerprint density at radius 1 is 1.23 bits per heavy atom. The highest BCUT2D eigenvalue weighted by molar-refractivity contribution is 7.21. The Kier molecular flexibility index (Phi) is 4.79. The number of thiophene rings is 1. The predicted octanol–water partition coefficient (Wildman–Crippen LogP) is 5.86. The van der Waals surface area contributed by atoms with Crippen molar-refractivity contribution in [3.63, 3.8) is 0 Å². The average Bonchev–Trinajstić information content (AvgIpc) is 3.37. The zero-order valence-corrected chi connectivity index (χ0v) is 17.6. The smallest absolute Gasteiger partial charge is 0.264 e. The summed E-state index contributed by atoms with van der Waals surface area (Å²) in [5.74, 6) is 0.319. The molecule has 1 aliphatic carbocycles. The number of aromatic nitrogens is 2. The van der Waals surface area contributed by atoms with Gasteiger partial charge in [-0.3, -0.25) is 4.79 Å². The van der Waals surface area contributed by atoms with Crippen molar-refractivity contribution in [2.75, 3.05) is 0 Å². The maximum Gasteiger partial charge on any atom is 0.264 e. The first-order valence-corrected chi connectivity index (χ1v) is 10.8. The summed E-state index contributed by atoms with van der Waals surface area (Å²) in [6, 6.07) is 12.2. The molecule has 1 fully saturated rings. The molecule has 30 heavy (non-hydrogen) atoms. The van der Waals surface area contributed by atoms with E-state index in [2.05, 4.69) is 10.2 Å². The summed E-state index contributed by atoms with van der Waals surface area (Å²) in [7, 11) is 0. The van der Waals surface area contributed by atoms with Gasteiger partial charge in [-0.25, -0.2) is 4.39 Å². The van der Waals surface area contributed by atoms with Crippen LogP contribution < -0.4 is 0 Å². The zero-order chi connectivity index (χ0) is 20.8. The molecule has 8 heteroatoms. The average molecular weight is 442 g/mol. The quantitative estimate of drug-likeness (QED) is 0.389. The highest BCUT2D eigenvalue weighted by atomic mass is 35.5. The van der Waals surface area contributed by atoms with E-state index in [0.29, 0.717) is 32.6 Å². The molecule has 1 saturated carbocycles. The fourth-order valence-corrected chi connectivity index (χ4v) is 4.82. The first-order chi connectivity index (χ1) is 14.5. The van der Waals surface area contributed by atoms with E-state index in [1.165, 1.54) is 17.4 Å². The van der Waals surface area contributed by atoms with Gasteiger partial charge in [0.2, 0.25) is 11.8 Å². The number of halogens is 2. The van der Waals surface area contributed by atoms with Crippen LogP contribution in [0.4, 0.5) is 4.39 Å². The normalized spacial score (nSPS) is 13.7. The van der Waals surface area contributed by atoms with E-state index in [1.54, 1.807) is 42.2 Å². The van der Waals surface area contributed by atoms with Crippen LogP contribution in [-0.2, 0) is 6.54 Å². The largest absolute Gasteiger partial charge is 0.419 e. The summed E-state index contributed by atoms with van der Waals surface area (Å²) in [6.45, 7) is 2.02. The summed E-state index contributed by atoms with van der Waals surface area (Å²) < 4.78 is 20.8. The zero-order valence-electron chi connectivity index (χ0n) is 16.1. The second-order valence-electron chi connectivity index (χ2n) is 7.34. The van der Waals surface area contributed by atoms with E-state index in [4.69, 9.17) is 16.0 Å². The molecule has 0 bridgehead atoms. The molecule has 4 aromatic rings. The Hall–Kier alpha value is -2.77. The summed E-state index contributed by atoms with van der Waals surface area (Å²) in [5, 5.41) is 9.36. The van der Waals surface area contributed by atoms with Crippen molar-refractivity contribution >= 4 is 38.9 Å². The van der Waals surface area contributed by atoms with Gasteiger partial charge in [0, 0.05) is 26.7 Å². The van der Waals surface area contributed by atoms with Crippen LogP contribution >= 0.6 is 22.9 Å². The highest BCUT2D eigenvalue weighted by Gasteiger charge is 2.36. The minimum Gasteiger partial charge on any atom is -0.419 e. The van der Waals surface area contributed by atoms with Crippen molar-refractivity contribution in [2.45, 2.75) is 32.4 Å². The second-order valence-corrected chi connectivity index (χ2v) is 8.83. The number of rotatable bonds is 5. The molecule has 5 rings (SSSR count). The Bertz CT molecular complexity index is 1250. The fraction of sp³-hybridized carbons (Fsp3) is 0.227. The molecule has 0 aliphatic heterocycles. The van der Waals surface area contributed by atoms with Crippen LogP contribution in [0.25, 0.3) is 21.5 Å². The molecule has 2 aromatic heterocycles. The maximum absolute atomic E-state index is 14.3. The first kappa shape index (κ1) is 19.2. The lowest BCUT2D eigenvalue weighted by molar-refractivity contribution is 0.0719. The van der Waals surface area contributed by atoms with Gasteiger partial charge < -0.3 is 9.32 Å². The third-order valence-corrected chi connectivity index (χ3v) is 6.71. The minimum atomic E-state index is -0.303. The van der Waals surface area contributed by atoms with Gasteiger partial charge in [0.05, 0.1) is 11.4 Å². The molecule has 0 atom stereocenters. The molecule has 1 aliphatic rings. The summed E-state index contributed by atoms with van der Waals surface area (Å²) in [5.41, 5.74) is 1.44. The van der Waals surface area contributed by atoms with Gasteiger partial charge in [0.25, 0.3) is 5.91 Å². The van der Waals surface area contributed by atoms with Crippen molar-refractivity contribution in [3.8, 4) is 11.5 Å². The Morgan fingerprint density at radius 3 is 2.70 bits per heavy atom. The summed E-state index contributed by atoms with van der Waals surface area (Å²) >= 11 is 7.25. The molecule has 5 nitrogen and oxygen atoms in total. The highest BCUT2D eigenvalue weighted by Crippen LogP contribution is 2.36. The van der Waals surface area contributed by atoms with Gasteiger partial charge in [-0.15, -0.1) is 21.5 Å². The van der Waals surface area contributed by atoms with Gasteiger partial charge in [-0.2, -0.15) is 0 Å². The van der Waals surface area contributed by atoms with Crippen LogP contribution in [0.5, 0.6) is 0 Å². The Balaban J connectivity index is 1.43. The molecule has 0 N–H and O–H groups in total. The number of carbonyl (C=O) groups excluding carboxylic acids is 1. The molecule has 2 aromatic carbocycles. The van der Waals surface area contributed by atoms with E-state index in [1.807, 2.05) is 6.07 Å². The molecular formula is C22H17ClFN3O2S. The van der Waals surface area contributed by atoms with E-state index < -0.39 is 0 Å². The lowest BCUT2D eigenvalue weighted by atomic mass is 10.1. The topological polar surface area (TPSA) is 59.2 Å². The molecule has 2 heterocycles. The number of amides is 1. The number of carbonyl (C=O) groups is 1. The number of fused-ring (bicyclic) bond motifs is 1. The number of hydrogen-bond acceptors (Lipinski definition) is 5. The second kappa shape index (κ2) is 7.49. The van der Waals surface area contributed by atoms with Crippen LogP contribution in [0.3, 0.4) is 0 Å². The maximum atomic E-state index is 14.3. The van der Waals surface area contributed by atoms with Gasteiger partial charge >= 0.3 is 0 Å². The van der Waals surface area contributed by atoms with Gasteiger partial charge in [0.1, 0.15) is 5.82 Å². The molecule has 0 spiro atoms. The minimum absolute atomic E-state index is 0.123. The Labute approximate surface area is 181 Å². The molecule has 152 valence electrons. The lowest BCUT2D eigenvalue weighted by Gasteiger charge is -2.20. The van der Waals surface area contributed by atoms with E-state index in [9.17, 15) is 9.18 Å². The number of aryl methyl sites for hydroxylation is 1. The summed E-state index contributed by atoms with van der Waals surface area (Å²) in [4.78, 5) is 15.7. The van der Waals surface area contributed by atoms with Crippen LogP contribution in [0.1, 0.15) is 34.0 Å². The Morgan fingerprint density at radius 2 is 2.00 bits per heavy atom. The molecule has 0 saturated heterocycles. The van der Waals surface area contributed by atoms with Crippen molar-refractivity contribution in [1.82, 2.24) is 15.1 Å². The number of nitrogens with zero attached hydrogens (tertiary/aromatic N) is 3. The van der Waals surface area contributed by atoms with Crippen molar-refractivity contribution in [2.24, 2.45) is 0 Å². The molecule has 1 amide bonds. The molecule has 0 radical (unpaired) electrons. The predicted molar refractivity (Wildman–Crippen MR) is 114 cm³/mol. The third kappa shape index (κ3) is 3.48. The summed E-state index contributed by atoms with van der Waals surface area (Å²) in [6.07, 6.45) is 1.87. The van der Waals surface area contributed by atoms with Crippen LogP contribution in [0.2, 0.25) is 5.02 Å². The van der Waals surface area contributed by atoms with Crippen molar-refractivity contribution in [1.29, 1.82) is 0 Å². The van der Waals surface area contributed by atoms with E-state index >= 15 is 0 Å². The number of benzene rings is 2. The van der Waals surface area contributed by atoms with Gasteiger partial charge in [-0.1, -0.05) is 17.7 Å². The van der Waals surface area contributed by atoms with Gasteiger partial charge in [0.15, 0.2) is 0 Å². The van der Waals surface area contributed by atoms with Crippen molar-refractivity contribution < 1.29 is 13.6 Å². The third-order valence-electron chi connectivity index (χ3n) is 5.21. The van der Waals surface area contributed by atoms with Gasteiger partial charge in [-0.05, 0) is 61.7 Å². The SMILES string of the molecule is Cc1c(C(=O)N(Cc2nnc(-c3ccc(Cl)cc3)o2)C2CC2)sc2cccc(F)c12. The van der Waals surface area contributed by atoms with Crippen LogP contribution in [0, 0.1) is 12.7 Å².